The molecular formula is C15H24N2. The molecule has 1 aliphatic carbocycles. The van der Waals surface area contributed by atoms with Gasteiger partial charge in [-0.25, -0.2) is 0 Å². The van der Waals surface area contributed by atoms with E-state index in [4.69, 9.17) is 5.73 Å². The van der Waals surface area contributed by atoms with Crippen LogP contribution in [-0.4, -0.2) is 23.5 Å². The first kappa shape index (κ1) is 12.6. The Morgan fingerprint density at radius 2 is 1.88 bits per heavy atom. The van der Waals surface area contributed by atoms with E-state index in [2.05, 4.69) is 42.2 Å². The molecule has 2 heteroatoms. The average molecular weight is 232 g/mol. The maximum Gasteiger partial charge on any atom is 0.0233 e. The normalized spacial score (nSPS) is 17.4. The Kier molecular flexibility index (Phi) is 4.19. The van der Waals surface area contributed by atoms with Gasteiger partial charge < -0.3 is 5.73 Å². The average Bonchev–Trinajstić information content (AvgIpc) is 3.07. The van der Waals surface area contributed by atoms with Crippen LogP contribution in [0.25, 0.3) is 0 Å². The smallest absolute Gasteiger partial charge is 0.0233 e. The maximum absolute atomic E-state index is 6.16. The molecule has 0 atom stereocenters. The van der Waals surface area contributed by atoms with Gasteiger partial charge in [0.2, 0.25) is 0 Å². The molecule has 1 aromatic rings. The summed E-state index contributed by atoms with van der Waals surface area (Å²) in [7, 11) is 0. The van der Waals surface area contributed by atoms with E-state index in [1.807, 2.05) is 0 Å². The van der Waals surface area contributed by atoms with Gasteiger partial charge in [-0.05, 0) is 37.8 Å². The summed E-state index contributed by atoms with van der Waals surface area (Å²) >= 11 is 0. The summed E-state index contributed by atoms with van der Waals surface area (Å²) in [6, 6.07) is 10.7. The van der Waals surface area contributed by atoms with E-state index < -0.39 is 0 Å². The molecule has 2 rings (SSSR count). The van der Waals surface area contributed by atoms with Gasteiger partial charge in [0.15, 0.2) is 0 Å². The summed E-state index contributed by atoms with van der Waals surface area (Å²) in [5, 5.41) is 0. The molecule has 0 spiro atoms. The van der Waals surface area contributed by atoms with E-state index in [0.29, 0.717) is 0 Å². The van der Waals surface area contributed by atoms with E-state index in [9.17, 15) is 0 Å². The van der Waals surface area contributed by atoms with Gasteiger partial charge in [-0.1, -0.05) is 37.3 Å². The minimum Gasteiger partial charge on any atom is -0.325 e. The highest BCUT2D eigenvalue weighted by Crippen LogP contribution is 2.35. The molecule has 0 saturated heterocycles. The molecule has 0 aromatic heterocycles. The van der Waals surface area contributed by atoms with Crippen molar-refractivity contribution in [1.29, 1.82) is 0 Å². The second-order valence-corrected chi connectivity index (χ2v) is 5.37. The molecule has 17 heavy (non-hydrogen) atoms. The lowest BCUT2D eigenvalue weighted by Gasteiger charge is -2.23. The van der Waals surface area contributed by atoms with Gasteiger partial charge in [0, 0.05) is 18.6 Å². The van der Waals surface area contributed by atoms with E-state index in [1.54, 1.807) is 0 Å². The van der Waals surface area contributed by atoms with Crippen molar-refractivity contribution in [3.05, 3.63) is 35.9 Å². The molecule has 2 N–H and O–H groups in total. The molecule has 1 aromatic carbocycles. The van der Waals surface area contributed by atoms with Crippen molar-refractivity contribution in [3.63, 3.8) is 0 Å². The number of hydrogen-bond acceptors (Lipinski definition) is 2. The van der Waals surface area contributed by atoms with Crippen molar-refractivity contribution in [2.75, 3.05) is 13.1 Å². The fraction of sp³-hybridized carbons (Fsp3) is 0.600. The highest BCUT2D eigenvalue weighted by Gasteiger charge is 2.37. The van der Waals surface area contributed by atoms with E-state index in [-0.39, 0.29) is 5.54 Å². The van der Waals surface area contributed by atoms with Crippen LogP contribution in [-0.2, 0) is 6.54 Å². The number of nitrogens with zero attached hydrogens (tertiary/aromatic N) is 1. The van der Waals surface area contributed by atoms with Gasteiger partial charge >= 0.3 is 0 Å². The van der Waals surface area contributed by atoms with Crippen LogP contribution in [0.2, 0.25) is 0 Å². The fourth-order valence-electron chi connectivity index (χ4n) is 2.22. The van der Waals surface area contributed by atoms with E-state index in [1.165, 1.54) is 31.4 Å². The Balaban J connectivity index is 1.83. The SMILES string of the molecule is CCCN(CCC1(N)CC1)Cc1ccccc1. The van der Waals surface area contributed by atoms with Crippen LogP contribution >= 0.6 is 0 Å². The van der Waals surface area contributed by atoms with E-state index in [0.717, 1.165) is 19.5 Å². The quantitative estimate of drug-likeness (QED) is 0.783. The highest BCUT2D eigenvalue weighted by molar-refractivity contribution is 5.14. The third-order valence-corrected chi connectivity index (χ3v) is 3.61. The Morgan fingerprint density at radius 3 is 2.47 bits per heavy atom. The van der Waals surface area contributed by atoms with Crippen molar-refractivity contribution in [1.82, 2.24) is 4.90 Å². The molecule has 1 fully saturated rings. The lowest BCUT2D eigenvalue weighted by Crippen LogP contribution is -2.32. The van der Waals surface area contributed by atoms with Gasteiger partial charge in [0.1, 0.15) is 0 Å². The molecule has 0 radical (unpaired) electrons. The number of nitrogens with two attached hydrogens (primary N) is 1. The summed E-state index contributed by atoms with van der Waals surface area (Å²) in [4.78, 5) is 2.53. The van der Waals surface area contributed by atoms with Crippen LogP contribution in [0, 0.1) is 0 Å². The van der Waals surface area contributed by atoms with Gasteiger partial charge in [0.05, 0.1) is 0 Å². The summed E-state index contributed by atoms with van der Waals surface area (Å²) in [5.41, 5.74) is 7.75. The summed E-state index contributed by atoms with van der Waals surface area (Å²) in [6.07, 6.45) is 4.81. The maximum atomic E-state index is 6.16. The first-order valence-corrected chi connectivity index (χ1v) is 6.77. The molecule has 0 amide bonds. The first-order chi connectivity index (χ1) is 8.22. The Morgan fingerprint density at radius 1 is 1.18 bits per heavy atom. The molecule has 0 unspecified atom stereocenters. The van der Waals surface area contributed by atoms with Gasteiger partial charge in [0.25, 0.3) is 0 Å². The second-order valence-electron chi connectivity index (χ2n) is 5.37. The minimum absolute atomic E-state index is 0.183. The molecule has 0 heterocycles. The Labute approximate surface area is 105 Å². The Hall–Kier alpha value is -0.860. The van der Waals surface area contributed by atoms with Crippen LogP contribution in [0.1, 0.15) is 38.2 Å². The Bertz CT molecular complexity index is 330. The number of benzene rings is 1. The summed E-state index contributed by atoms with van der Waals surface area (Å²) < 4.78 is 0. The molecule has 94 valence electrons. The zero-order valence-corrected chi connectivity index (χ0v) is 10.9. The third-order valence-electron chi connectivity index (χ3n) is 3.61. The predicted octanol–water partition coefficient (Wildman–Crippen LogP) is 2.78. The molecule has 0 bridgehead atoms. The first-order valence-electron chi connectivity index (χ1n) is 6.77. The molecule has 0 aliphatic heterocycles. The molecule has 1 aliphatic rings. The number of hydrogen-bond donors (Lipinski definition) is 1. The number of rotatable bonds is 7. The standard InChI is InChI=1S/C15H24N2/c1-2-11-17(12-10-15(16)8-9-15)13-14-6-4-3-5-7-14/h3-7H,2,8-13,16H2,1H3. The topological polar surface area (TPSA) is 29.3 Å². The van der Waals surface area contributed by atoms with Crippen LogP contribution < -0.4 is 5.73 Å². The molecular weight excluding hydrogens is 208 g/mol. The third kappa shape index (κ3) is 4.14. The lowest BCUT2D eigenvalue weighted by molar-refractivity contribution is 0.252. The van der Waals surface area contributed by atoms with Crippen molar-refractivity contribution in [3.8, 4) is 0 Å². The minimum atomic E-state index is 0.183. The second kappa shape index (κ2) is 5.65. The van der Waals surface area contributed by atoms with Crippen LogP contribution in [0.3, 0.4) is 0 Å². The highest BCUT2D eigenvalue weighted by atomic mass is 15.1. The predicted molar refractivity (Wildman–Crippen MR) is 72.8 cm³/mol. The lowest BCUT2D eigenvalue weighted by atomic mass is 10.1. The monoisotopic (exact) mass is 232 g/mol. The summed E-state index contributed by atoms with van der Waals surface area (Å²) in [5.74, 6) is 0. The van der Waals surface area contributed by atoms with Crippen LogP contribution in [0.5, 0.6) is 0 Å². The zero-order valence-electron chi connectivity index (χ0n) is 10.9. The van der Waals surface area contributed by atoms with Gasteiger partial charge in [-0.3, -0.25) is 4.90 Å². The molecule has 2 nitrogen and oxygen atoms in total. The molecule has 1 saturated carbocycles. The van der Waals surface area contributed by atoms with Crippen LogP contribution in [0.15, 0.2) is 30.3 Å². The van der Waals surface area contributed by atoms with Crippen LogP contribution in [0.4, 0.5) is 0 Å². The summed E-state index contributed by atoms with van der Waals surface area (Å²) in [6.45, 7) is 5.61. The van der Waals surface area contributed by atoms with Crippen molar-refractivity contribution in [2.45, 2.75) is 44.7 Å². The zero-order chi connectivity index (χ0) is 12.1. The van der Waals surface area contributed by atoms with Crippen molar-refractivity contribution < 1.29 is 0 Å². The van der Waals surface area contributed by atoms with Gasteiger partial charge in [-0.2, -0.15) is 0 Å². The largest absolute Gasteiger partial charge is 0.325 e. The van der Waals surface area contributed by atoms with Gasteiger partial charge in [-0.15, -0.1) is 0 Å². The van der Waals surface area contributed by atoms with E-state index >= 15 is 0 Å². The van der Waals surface area contributed by atoms with Crippen molar-refractivity contribution >= 4 is 0 Å². The fourth-order valence-corrected chi connectivity index (χ4v) is 2.22. The van der Waals surface area contributed by atoms with Crippen molar-refractivity contribution in [2.24, 2.45) is 5.73 Å².